The largest absolute Gasteiger partial charge is 0.494 e. The Labute approximate surface area is 144 Å². The summed E-state index contributed by atoms with van der Waals surface area (Å²) >= 11 is 0. The van der Waals surface area contributed by atoms with Crippen molar-refractivity contribution in [3.05, 3.63) is 30.3 Å². The number of carbonyl (C=O) groups is 2. The van der Waals surface area contributed by atoms with Crippen molar-refractivity contribution >= 4 is 11.8 Å². The molecule has 0 aromatic heterocycles. The monoisotopic (exact) mass is 332 g/mol. The SMILES string of the molecule is CC(C)C(=O)NC1CCN(C(=O)CCCOc2ccccc2)CC1. The molecule has 1 heterocycles. The lowest BCUT2D eigenvalue weighted by atomic mass is 10.0. The Morgan fingerprint density at radius 2 is 1.88 bits per heavy atom. The summed E-state index contributed by atoms with van der Waals surface area (Å²) in [4.78, 5) is 25.8. The number of benzene rings is 1. The van der Waals surface area contributed by atoms with Gasteiger partial charge in [-0.15, -0.1) is 0 Å². The number of nitrogens with one attached hydrogen (secondary N) is 1. The first-order chi connectivity index (χ1) is 11.6. The smallest absolute Gasteiger partial charge is 0.222 e. The van der Waals surface area contributed by atoms with Gasteiger partial charge in [0.1, 0.15) is 5.75 Å². The molecule has 132 valence electrons. The summed E-state index contributed by atoms with van der Waals surface area (Å²) in [5, 5.41) is 3.05. The van der Waals surface area contributed by atoms with Crippen LogP contribution in [0.4, 0.5) is 0 Å². The van der Waals surface area contributed by atoms with E-state index >= 15 is 0 Å². The Kier molecular flexibility index (Phi) is 7.09. The maximum absolute atomic E-state index is 12.2. The van der Waals surface area contributed by atoms with Gasteiger partial charge in [-0.1, -0.05) is 32.0 Å². The quantitative estimate of drug-likeness (QED) is 0.781. The Morgan fingerprint density at radius 1 is 1.21 bits per heavy atom. The molecule has 1 aromatic carbocycles. The molecule has 0 atom stereocenters. The molecular weight excluding hydrogens is 304 g/mol. The highest BCUT2D eigenvalue weighted by Gasteiger charge is 2.24. The van der Waals surface area contributed by atoms with Crippen molar-refractivity contribution in [2.45, 2.75) is 45.6 Å². The zero-order chi connectivity index (χ0) is 17.4. The lowest BCUT2D eigenvalue weighted by Gasteiger charge is -2.32. The Bertz CT molecular complexity index is 523. The van der Waals surface area contributed by atoms with E-state index in [1.807, 2.05) is 49.1 Å². The van der Waals surface area contributed by atoms with Gasteiger partial charge in [0.05, 0.1) is 6.61 Å². The highest BCUT2D eigenvalue weighted by Crippen LogP contribution is 2.13. The summed E-state index contributed by atoms with van der Waals surface area (Å²) in [5.41, 5.74) is 0. The van der Waals surface area contributed by atoms with Gasteiger partial charge in [0.25, 0.3) is 0 Å². The van der Waals surface area contributed by atoms with Crippen LogP contribution < -0.4 is 10.1 Å². The number of likely N-dealkylation sites (tertiary alicyclic amines) is 1. The first-order valence-electron chi connectivity index (χ1n) is 8.82. The van der Waals surface area contributed by atoms with E-state index in [4.69, 9.17) is 4.74 Å². The lowest BCUT2D eigenvalue weighted by molar-refractivity contribution is -0.132. The number of carbonyl (C=O) groups excluding carboxylic acids is 2. The van der Waals surface area contributed by atoms with Crippen LogP contribution in [0.1, 0.15) is 39.5 Å². The van der Waals surface area contributed by atoms with E-state index in [1.165, 1.54) is 0 Å². The van der Waals surface area contributed by atoms with Crippen LogP contribution in [-0.4, -0.2) is 42.5 Å². The molecule has 5 heteroatoms. The topological polar surface area (TPSA) is 58.6 Å². The third-order valence-electron chi connectivity index (χ3n) is 4.27. The summed E-state index contributed by atoms with van der Waals surface area (Å²) in [7, 11) is 0. The molecule has 0 radical (unpaired) electrons. The average Bonchev–Trinajstić information content (AvgIpc) is 2.60. The molecule has 24 heavy (non-hydrogen) atoms. The van der Waals surface area contributed by atoms with Crippen LogP contribution >= 0.6 is 0 Å². The minimum Gasteiger partial charge on any atom is -0.494 e. The molecule has 2 amide bonds. The molecular formula is C19H28N2O3. The van der Waals surface area contributed by atoms with E-state index in [0.717, 1.165) is 38.1 Å². The van der Waals surface area contributed by atoms with Gasteiger partial charge >= 0.3 is 0 Å². The summed E-state index contributed by atoms with van der Waals surface area (Å²) in [5.74, 6) is 1.12. The standard InChI is InChI=1S/C19H28N2O3/c1-15(2)19(23)20-16-10-12-21(13-11-16)18(22)9-6-14-24-17-7-4-3-5-8-17/h3-5,7-8,15-16H,6,9-14H2,1-2H3,(H,20,23). The number of nitrogens with zero attached hydrogens (tertiary/aromatic N) is 1. The summed E-state index contributed by atoms with van der Waals surface area (Å²) < 4.78 is 5.61. The third kappa shape index (κ3) is 5.87. The molecule has 1 N–H and O–H groups in total. The fraction of sp³-hybridized carbons (Fsp3) is 0.579. The van der Waals surface area contributed by atoms with Crippen molar-refractivity contribution in [1.29, 1.82) is 0 Å². The second kappa shape index (κ2) is 9.30. The van der Waals surface area contributed by atoms with Crippen LogP contribution in [0.2, 0.25) is 0 Å². The Hall–Kier alpha value is -2.04. The molecule has 1 fully saturated rings. The average molecular weight is 332 g/mol. The second-order valence-electron chi connectivity index (χ2n) is 6.58. The molecule has 0 bridgehead atoms. The summed E-state index contributed by atoms with van der Waals surface area (Å²) in [6.07, 6.45) is 2.91. The summed E-state index contributed by atoms with van der Waals surface area (Å²) in [6, 6.07) is 9.84. The maximum Gasteiger partial charge on any atom is 0.222 e. The van der Waals surface area contributed by atoms with Crippen LogP contribution in [0.25, 0.3) is 0 Å². The molecule has 2 rings (SSSR count). The zero-order valence-corrected chi connectivity index (χ0v) is 14.7. The minimum atomic E-state index is 0.00859. The Morgan fingerprint density at radius 3 is 2.50 bits per heavy atom. The van der Waals surface area contributed by atoms with Crippen LogP contribution in [0.3, 0.4) is 0 Å². The molecule has 5 nitrogen and oxygen atoms in total. The highest BCUT2D eigenvalue weighted by atomic mass is 16.5. The van der Waals surface area contributed by atoms with Gasteiger partial charge in [-0.05, 0) is 31.4 Å². The van der Waals surface area contributed by atoms with Gasteiger partial charge in [-0.25, -0.2) is 0 Å². The predicted molar refractivity (Wildman–Crippen MR) is 93.8 cm³/mol. The molecule has 1 saturated heterocycles. The first-order valence-corrected chi connectivity index (χ1v) is 8.82. The number of rotatable bonds is 7. The van der Waals surface area contributed by atoms with Gasteiger partial charge in [0, 0.05) is 31.5 Å². The van der Waals surface area contributed by atoms with Crippen molar-refractivity contribution in [1.82, 2.24) is 10.2 Å². The van der Waals surface area contributed by atoms with Crippen LogP contribution in [-0.2, 0) is 9.59 Å². The molecule has 0 aliphatic carbocycles. The maximum atomic E-state index is 12.2. The number of para-hydroxylation sites is 1. The van der Waals surface area contributed by atoms with Crippen molar-refractivity contribution < 1.29 is 14.3 Å². The van der Waals surface area contributed by atoms with Crippen molar-refractivity contribution in [3.8, 4) is 5.75 Å². The van der Waals surface area contributed by atoms with E-state index in [2.05, 4.69) is 5.32 Å². The molecule has 1 aliphatic heterocycles. The molecule has 0 spiro atoms. The van der Waals surface area contributed by atoms with E-state index in [1.54, 1.807) is 0 Å². The minimum absolute atomic E-state index is 0.00859. The second-order valence-corrected chi connectivity index (χ2v) is 6.58. The van der Waals surface area contributed by atoms with E-state index in [-0.39, 0.29) is 23.8 Å². The number of hydrogen-bond acceptors (Lipinski definition) is 3. The van der Waals surface area contributed by atoms with E-state index in [9.17, 15) is 9.59 Å². The van der Waals surface area contributed by atoms with Crippen molar-refractivity contribution in [2.24, 2.45) is 5.92 Å². The predicted octanol–water partition coefficient (Wildman–Crippen LogP) is 2.61. The van der Waals surface area contributed by atoms with Crippen LogP contribution in [0.5, 0.6) is 5.75 Å². The molecule has 0 unspecified atom stereocenters. The van der Waals surface area contributed by atoms with Crippen LogP contribution in [0, 0.1) is 5.92 Å². The molecule has 1 aromatic rings. The van der Waals surface area contributed by atoms with Gasteiger partial charge in [-0.2, -0.15) is 0 Å². The number of amides is 2. The van der Waals surface area contributed by atoms with Gasteiger partial charge < -0.3 is 15.0 Å². The molecule has 0 saturated carbocycles. The van der Waals surface area contributed by atoms with Crippen molar-refractivity contribution in [3.63, 3.8) is 0 Å². The van der Waals surface area contributed by atoms with Crippen molar-refractivity contribution in [2.75, 3.05) is 19.7 Å². The fourth-order valence-electron chi connectivity index (χ4n) is 2.73. The number of ether oxygens (including phenoxy) is 1. The fourth-order valence-corrected chi connectivity index (χ4v) is 2.73. The highest BCUT2D eigenvalue weighted by molar-refractivity contribution is 5.78. The number of piperidine rings is 1. The Balaban J connectivity index is 1.61. The third-order valence-corrected chi connectivity index (χ3v) is 4.27. The first kappa shape index (κ1) is 18.3. The zero-order valence-electron chi connectivity index (χ0n) is 14.7. The van der Waals surface area contributed by atoms with Gasteiger partial charge in [0.15, 0.2) is 0 Å². The van der Waals surface area contributed by atoms with Gasteiger partial charge in [0.2, 0.25) is 11.8 Å². The normalized spacial score (nSPS) is 15.4. The number of hydrogen-bond donors (Lipinski definition) is 1. The summed E-state index contributed by atoms with van der Waals surface area (Å²) in [6.45, 7) is 5.79. The lowest BCUT2D eigenvalue weighted by Crippen LogP contribution is -2.47. The van der Waals surface area contributed by atoms with E-state index in [0.29, 0.717) is 13.0 Å². The van der Waals surface area contributed by atoms with Gasteiger partial charge in [-0.3, -0.25) is 9.59 Å². The van der Waals surface area contributed by atoms with E-state index < -0.39 is 0 Å². The molecule has 1 aliphatic rings. The van der Waals surface area contributed by atoms with Crippen LogP contribution in [0.15, 0.2) is 30.3 Å².